The average molecular weight is 411 g/mol. The summed E-state index contributed by atoms with van der Waals surface area (Å²) in [5.74, 6) is -0.327. The van der Waals surface area contributed by atoms with E-state index in [1.165, 1.54) is 24.3 Å². The first kappa shape index (κ1) is 21.3. The van der Waals surface area contributed by atoms with Gasteiger partial charge in [0.2, 0.25) is 5.78 Å². The molecule has 1 aliphatic rings. The Morgan fingerprint density at radius 2 is 1.97 bits per heavy atom. The zero-order valence-corrected chi connectivity index (χ0v) is 17.1. The van der Waals surface area contributed by atoms with Gasteiger partial charge in [-0.15, -0.1) is 0 Å². The van der Waals surface area contributed by atoms with Crippen LogP contribution >= 0.6 is 0 Å². The molecule has 8 heteroatoms. The topological polar surface area (TPSA) is 97.8 Å². The van der Waals surface area contributed by atoms with Crippen molar-refractivity contribution in [2.24, 2.45) is 0 Å². The summed E-state index contributed by atoms with van der Waals surface area (Å²) in [6, 6.07) is 9.69. The van der Waals surface area contributed by atoms with Crippen LogP contribution in [0, 0.1) is 0 Å². The van der Waals surface area contributed by atoms with E-state index in [-0.39, 0.29) is 23.6 Å². The lowest BCUT2D eigenvalue weighted by Gasteiger charge is -2.35. The molecule has 3 rings (SSSR count). The summed E-state index contributed by atoms with van der Waals surface area (Å²) in [7, 11) is 1.47. The first-order valence-electron chi connectivity index (χ1n) is 9.92. The van der Waals surface area contributed by atoms with Crippen LogP contribution in [0.15, 0.2) is 42.6 Å². The maximum atomic E-state index is 12.9. The maximum absolute atomic E-state index is 12.9. The minimum absolute atomic E-state index is 0.267. The molecule has 30 heavy (non-hydrogen) atoms. The number of benzene rings is 1. The van der Waals surface area contributed by atoms with Crippen molar-refractivity contribution in [2.75, 3.05) is 20.3 Å². The molecule has 8 nitrogen and oxygen atoms in total. The number of rotatable bonds is 6. The standard InChI is InChI=1S/C22H25N3O5/c1-3-30-22(28)25-11-7-5-9-19(25)24-21(27)16-12-15(13-17(14-16)29-2)20(26)18-8-4-6-10-23-18/h4,6,8,10,12-14,19H,3,5,7,9,11H2,1-2H3,(H,24,27). The molecule has 0 saturated carbocycles. The van der Waals surface area contributed by atoms with Gasteiger partial charge < -0.3 is 14.8 Å². The second-order valence-electron chi connectivity index (χ2n) is 6.87. The third-order valence-electron chi connectivity index (χ3n) is 4.87. The lowest BCUT2D eigenvalue weighted by molar-refractivity contribution is 0.0607. The molecule has 1 N–H and O–H groups in total. The highest BCUT2D eigenvalue weighted by atomic mass is 16.6. The van der Waals surface area contributed by atoms with Gasteiger partial charge in [-0.3, -0.25) is 19.5 Å². The van der Waals surface area contributed by atoms with Gasteiger partial charge in [-0.1, -0.05) is 6.07 Å². The molecule has 1 saturated heterocycles. The van der Waals surface area contributed by atoms with Crippen LogP contribution in [-0.4, -0.2) is 54.1 Å². The first-order chi connectivity index (χ1) is 14.5. The predicted molar refractivity (Wildman–Crippen MR) is 109 cm³/mol. The Balaban J connectivity index is 1.83. The lowest BCUT2D eigenvalue weighted by Crippen LogP contribution is -2.53. The summed E-state index contributed by atoms with van der Waals surface area (Å²) in [5.41, 5.74) is 0.838. The second-order valence-corrected chi connectivity index (χ2v) is 6.87. The molecule has 1 atom stereocenters. The van der Waals surface area contributed by atoms with Crippen LogP contribution in [0.1, 0.15) is 52.6 Å². The molecule has 0 radical (unpaired) electrons. The van der Waals surface area contributed by atoms with Crippen molar-refractivity contribution in [1.29, 1.82) is 0 Å². The molecule has 1 aromatic carbocycles. The van der Waals surface area contributed by atoms with Gasteiger partial charge in [0, 0.05) is 23.9 Å². The highest BCUT2D eigenvalue weighted by molar-refractivity contribution is 6.09. The average Bonchev–Trinajstić information content (AvgIpc) is 2.79. The lowest BCUT2D eigenvalue weighted by atomic mass is 10.0. The number of aromatic nitrogens is 1. The molecule has 0 aliphatic carbocycles. The Morgan fingerprint density at radius 3 is 2.67 bits per heavy atom. The molecule has 1 fully saturated rings. The fraction of sp³-hybridized carbons (Fsp3) is 0.364. The molecule has 2 aromatic rings. The van der Waals surface area contributed by atoms with Crippen molar-refractivity contribution in [3.8, 4) is 5.75 Å². The van der Waals surface area contributed by atoms with E-state index >= 15 is 0 Å². The van der Waals surface area contributed by atoms with Gasteiger partial charge >= 0.3 is 6.09 Å². The van der Waals surface area contributed by atoms with Gasteiger partial charge in [0.1, 0.15) is 17.6 Å². The van der Waals surface area contributed by atoms with Crippen LogP contribution in [0.25, 0.3) is 0 Å². The summed E-state index contributed by atoms with van der Waals surface area (Å²) >= 11 is 0. The Morgan fingerprint density at radius 1 is 1.17 bits per heavy atom. The van der Waals surface area contributed by atoms with E-state index < -0.39 is 18.2 Å². The minimum atomic E-state index is -0.466. The summed E-state index contributed by atoms with van der Waals surface area (Å²) in [6.45, 7) is 2.53. The Bertz CT molecular complexity index is 916. The van der Waals surface area contributed by atoms with Crippen LogP contribution in [-0.2, 0) is 4.74 Å². The number of nitrogens with zero attached hydrogens (tertiary/aromatic N) is 2. The summed E-state index contributed by atoms with van der Waals surface area (Å²) in [6.07, 6.45) is 3.00. The van der Waals surface area contributed by atoms with Gasteiger partial charge in [-0.25, -0.2) is 4.79 Å². The largest absolute Gasteiger partial charge is 0.497 e. The van der Waals surface area contributed by atoms with E-state index in [0.717, 1.165) is 12.8 Å². The number of likely N-dealkylation sites (tertiary alicyclic amines) is 1. The quantitative estimate of drug-likeness (QED) is 0.734. The number of carbonyl (C=O) groups is 3. The molecule has 2 amide bonds. The van der Waals surface area contributed by atoms with E-state index in [2.05, 4.69) is 10.3 Å². The Labute approximate surface area is 175 Å². The van der Waals surface area contributed by atoms with Crippen molar-refractivity contribution in [3.63, 3.8) is 0 Å². The van der Waals surface area contributed by atoms with Crippen LogP contribution in [0.5, 0.6) is 5.75 Å². The molecule has 1 aromatic heterocycles. The second kappa shape index (κ2) is 9.87. The molecule has 1 unspecified atom stereocenters. The van der Waals surface area contributed by atoms with E-state index in [4.69, 9.17) is 9.47 Å². The molecule has 1 aliphatic heterocycles. The van der Waals surface area contributed by atoms with Gasteiger partial charge in [0.05, 0.1) is 13.7 Å². The van der Waals surface area contributed by atoms with Gasteiger partial charge in [0.15, 0.2) is 0 Å². The van der Waals surface area contributed by atoms with Crippen molar-refractivity contribution in [2.45, 2.75) is 32.4 Å². The number of amides is 2. The zero-order chi connectivity index (χ0) is 21.5. The van der Waals surface area contributed by atoms with Crippen LogP contribution in [0.3, 0.4) is 0 Å². The van der Waals surface area contributed by atoms with Crippen molar-refractivity contribution in [1.82, 2.24) is 15.2 Å². The van der Waals surface area contributed by atoms with E-state index in [0.29, 0.717) is 24.3 Å². The zero-order valence-electron chi connectivity index (χ0n) is 17.1. The number of piperidine rings is 1. The highest BCUT2D eigenvalue weighted by Crippen LogP contribution is 2.21. The van der Waals surface area contributed by atoms with Crippen molar-refractivity contribution >= 4 is 17.8 Å². The highest BCUT2D eigenvalue weighted by Gasteiger charge is 2.29. The third kappa shape index (κ3) is 4.94. The maximum Gasteiger partial charge on any atom is 0.411 e. The Hall–Kier alpha value is -3.42. The number of nitrogens with one attached hydrogen (secondary N) is 1. The van der Waals surface area contributed by atoms with Crippen LogP contribution < -0.4 is 10.1 Å². The smallest absolute Gasteiger partial charge is 0.411 e. The SMILES string of the molecule is CCOC(=O)N1CCCCC1NC(=O)c1cc(OC)cc(C(=O)c2ccccn2)c1. The van der Waals surface area contributed by atoms with Gasteiger partial charge in [-0.2, -0.15) is 0 Å². The Kier molecular flexibility index (Phi) is 7.00. The monoisotopic (exact) mass is 411 g/mol. The molecule has 0 spiro atoms. The normalized spacial score (nSPS) is 15.9. The molecular weight excluding hydrogens is 386 g/mol. The number of hydrogen-bond acceptors (Lipinski definition) is 6. The van der Waals surface area contributed by atoms with Crippen LogP contribution in [0.4, 0.5) is 4.79 Å². The summed E-state index contributed by atoms with van der Waals surface area (Å²) in [5, 5.41) is 2.89. The molecule has 2 heterocycles. The number of pyridine rings is 1. The fourth-order valence-electron chi connectivity index (χ4n) is 3.37. The predicted octanol–water partition coefficient (Wildman–Crippen LogP) is 3.02. The number of ether oxygens (including phenoxy) is 2. The van der Waals surface area contributed by atoms with Gasteiger partial charge in [0.25, 0.3) is 5.91 Å². The third-order valence-corrected chi connectivity index (χ3v) is 4.87. The molecule has 0 bridgehead atoms. The number of hydrogen-bond donors (Lipinski definition) is 1. The summed E-state index contributed by atoms with van der Waals surface area (Å²) in [4.78, 5) is 43.5. The first-order valence-corrected chi connectivity index (χ1v) is 9.92. The van der Waals surface area contributed by atoms with E-state index in [1.807, 2.05) is 0 Å². The van der Waals surface area contributed by atoms with E-state index in [9.17, 15) is 14.4 Å². The summed E-state index contributed by atoms with van der Waals surface area (Å²) < 4.78 is 10.4. The minimum Gasteiger partial charge on any atom is -0.497 e. The van der Waals surface area contributed by atoms with Crippen molar-refractivity contribution < 1.29 is 23.9 Å². The van der Waals surface area contributed by atoms with Gasteiger partial charge in [-0.05, 0) is 56.5 Å². The van der Waals surface area contributed by atoms with Crippen molar-refractivity contribution in [3.05, 3.63) is 59.4 Å². The fourth-order valence-corrected chi connectivity index (χ4v) is 3.37. The number of methoxy groups -OCH3 is 1. The number of carbonyl (C=O) groups excluding carboxylic acids is 3. The van der Waals surface area contributed by atoms with E-state index in [1.54, 1.807) is 37.3 Å². The molecular formula is C22H25N3O5. The van der Waals surface area contributed by atoms with Crippen LogP contribution in [0.2, 0.25) is 0 Å². The number of ketones is 1. The molecule has 158 valence electrons.